The third kappa shape index (κ3) is 1.27. The molecule has 2 aliphatic carbocycles. The number of carbonyl (C=O) groups excluding carboxylic acids is 1. The summed E-state index contributed by atoms with van der Waals surface area (Å²) in [5, 5.41) is 0. The minimum atomic E-state index is -0.0981. The number of hydrogen-bond acceptors (Lipinski definition) is 2. The van der Waals surface area contributed by atoms with Gasteiger partial charge < -0.3 is 4.74 Å². The Morgan fingerprint density at radius 1 is 1.53 bits per heavy atom. The molecule has 2 nitrogen and oxygen atoms in total. The molecule has 0 aromatic heterocycles. The topological polar surface area (TPSA) is 26.3 Å². The average molecular weight is 208 g/mol. The molecule has 0 unspecified atom stereocenters. The van der Waals surface area contributed by atoms with Crippen LogP contribution in [0.15, 0.2) is 11.6 Å². The largest absolute Gasteiger partial charge is 0.463 e. The Kier molecular flexibility index (Phi) is 2.21. The van der Waals surface area contributed by atoms with E-state index >= 15 is 0 Å². The first-order chi connectivity index (χ1) is 6.92. The molecule has 0 aromatic rings. The zero-order valence-electron chi connectivity index (χ0n) is 10.1. The molecule has 15 heavy (non-hydrogen) atoms. The summed E-state index contributed by atoms with van der Waals surface area (Å²) >= 11 is 0. The van der Waals surface area contributed by atoms with Gasteiger partial charge in [0.1, 0.15) is 0 Å². The Bertz CT molecular complexity index is 327. The number of ether oxygens (including phenoxy) is 1. The smallest absolute Gasteiger partial charge is 0.333 e. The molecule has 0 heterocycles. The number of hydrogen-bond donors (Lipinski definition) is 0. The van der Waals surface area contributed by atoms with E-state index in [9.17, 15) is 4.79 Å². The van der Waals surface area contributed by atoms with E-state index in [-0.39, 0.29) is 16.8 Å². The lowest BCUT2D eigenvalue weighted by atomic mass is 9.70. The highest BCUT2D eigenvalue weighted by Gasteiger charge is 2.57. The predicted molar refractivity (Wildman–Crippen MR) is 59.3 cm³/mol. The molecule has 0 spiro atoms. The van der Waals surface area contributed by atoms with Crippen molar-refractivity contribution in [2.45, 2.75) is 40.5 Å². The predicted octanol–water partition coefficient (Wildman–Crippen LogP) is 2.93. The van der Waals surface area contributed by atoms with Gasteiger partial charge in [0.2, 0.25) is 0 Å². The molecule has 0 amide bonds. The highest BCUT2D eigenvalue weighted by Crippen LogP contribution is 2.64. The minimum absolute atomic E-state index is 0.0981. The second-order valence-electron chi connectivity index (χ2n) is 5.55. The van der Waals surface area contributed by atoms with Crippen molar-refractivity contribution in [1.82, 2.24) is 0 Å². The van der Waals surface area contributed by atoms with Gasteiger partial charge in [0.05, 0.1) is 6.61 Å². The first-order valence-electron chi connectivity index (χ1n) is 5.82. The molecule has 2 bridgehead atoms. The Labute approximate surface area is 91.7 Å². The van der Waals surface area contributed by atoms with Crippen molar-refractivity contribution < 1.29 is 9.53 Å². The van der Waals surface area contributed by atoms with Crippen LogP contribution in [0.5, 0.6) is 0 Å². The number of esters is 1. The fraction of sp³-hybridized carbons (Fsp3) is 0.769. The molecule has 2 atom stereocenters. The Hall–Kier alpha value is -0.790. The van der Waals surface area contributed by atoms with E-state index in [0.717, 1.165) is 12.0 Å². The Morgan fingerprint density at radius 3 is 2.60 bits per heavy atom. The van der Waals surface area contributed by atoms with Crippen LogP contribution in [0.2, 0.25) is 0 Å². The van der Waals surface area contributed by atoms with Crippen molar-refractivity contribution in [2.24, 2.45) is 16.7 Å². The molecule has 2 heteroatoms. The third-order valence-electron chi connectivity index (χ3n) is 4.66. The van der Waals surface area contributed by atoms with E-state index in [4.69, 9.17) is 4.74 Å². The van der Waals surface area contributed by atoms with Gasteiger partial charge in [-0.25, -0.2) is 4.79 Å². The lowest BCUT2D eigenvalue weighted by Crippen LogP contribution is -2.28. The summed E-state index contributed by atoms with van der Waals surface area (Å²) in [6.45, 7) is 9.14. The van der Waals surface area contributed by atoms with Crippen LogP contribution >= 0.6 is 0 Å². The van der Waals surface area contributed by atoms with Gasteiger partial charge in [-0.3, -0.25) is 0 Å². The van der Waals surface area contributed by atoms with Crippen LogP contribution < -0.4 is 0 Å². The minimum Gasteiger partial charge on any atom is -0.463 e. The normalized spacial score (nSPS) is 36.5. The quantitative estimate of drug-likeness (QED) is 0.652. The van der Waals surface area contributed by atoms with Crippen molar-refractivity contribution >= 4 is 5.97 Å². The van der Waals surface area contributed by atoms with E-state index in [2.05, 4.69) is 26.8 Å². The fourth-order valence-electron chi connectivity index (χ4n) is 3.19. The summed E-state index contributed by atoms with van der Waals surface area (Å²) < 4.78 is 5.11. The molecule has 2 aliphatic rings. The van der Waals surface area contributed by atoms with Gasteiger partial charge in [-0.15, -0.1) is 0 Å². The summed E-state index contributed by atoms with van der Waals surface area (Å²) in [6, 6.07) is 0. The van der Waals surface area contributed by atoms with Crippen LogP contribution in [-0.2, 0) is 9.53 Å². The molecule has 0 saturated heterocycles. The van der Waals surface area contributed by atoms with Crippen LogP contribution in [0.3, 0.4) is 0 Å². The van der Waals surface area contributed by atoms with Gasteiger partial charge in [-0.2, -0.15) is 0 Å². The molecule has 0 N–H and O–H groups in total. The molecular formula is C13H20O2. The molecular weight excluding hydrogens is 188 g/mol. The van der Waals surface area contributed by atoms with Crippen LogP contribution in [0.4, 0.5) is 0 Å². The van der Waals surface area contributed by atoms with Crippen molar-refractivity contribution in [3.63, 3.8) is 0 Å². The number of carbonyl (C=O) groups is 1. The average Bonchev–Trinajstić information content (AvgIpc) is 2.49. The van der Waals surface area contributed by atoms with Gasteiger partial charge in [-0.1, -0.05) is 26.8 Å². The van der Waals surface area contributed by atoms with Crippen molar-refractivity contribution in [1.29, 1.82) is 0 Å². The molecule has 84 valence electrons. The second-order valence-corrected chi connectivity index (χ2v) is 5.55. The first kappa shape index (κ1) is 10.7. The molecule has 1 saturated carbocycles. The standard InChI is InChI=1S/C13H20O2/c1-5-15-11(14)9-8-13(4)7-6-10(9)12(13,2)3/h8,10H,5-7H2,1-4H3/t10-,13+/m0/s1. The second kappa shape index (κ2) is 3.10. The Balaban J connectivity index is 2.29. The Morgan fingerprint density at radius 2 is 2.20 bits per heavy atom. The first-order valence-corrected chi connectivity index (χ1v) is 5.82. The van der Waals surface area contributed by atoms with Crippen LogP contribution in [-0.4, -0.2) is 12.6 Å². The summed E-state index contributed by atoms with van der Waals surface area (Å²) in [4.78, 5) is 11.8. The van der Waals surface area contributed by atoms with E-state index in [1.54, 1.807) is 0 Å². The number of rotatable bonds is 2. The van der Waals surface area contributed by atoms with Crippen molar-refractivity contribution in [3.8, 4) is 0 Å². The monoisotopic (exact) mass is 208 g/mol. The van der Waals surface area contributed by atoms with E-state index in [1.165, 1.54) is 6.42 Å². The summed E-state index contributed by atoms with van der Waals surface area (Å²) in [5.41, 5.74) is 1.34. The molecule has 0 aromatic carbocycles. The SMILES string of the molecule is CCOC(=O)C1=C[C@@]2(C)CC[C@@H]1C2(C)C. The third-order valence-corrected chi connectivity index (χ3v) is 4.66. The van der Waals surface area contributed by atoms with Gasteiger partial charge in [0, 0.05) is 5.57 Å². The van der Waals surface area contributed by atoms with Gasteiger partial charge >= 0.3 is 5.97 Å². The van der Waals surface area contributed by atoms with Crippen LogP contribution in [0.1, 0.15) is 40.5 Å². The summed E-state index contributed by atoms with van der Waals surface area (Å²) in [7, 11) is 0. The zero-order valence-corrected chi connectivity index (χ0v) is 10.1. The van der Waals surface area contributed by atoms with Crippen LogP contribution in [0.25, 0.3) is 0 Å². The molecule has 0 aliphatic heterocycles. The van der Waals surface area contributed by atoms with Crippen molar-refractivity contribution in [2.75, 3.05) is 6.61 Å². The number of allylic oxidation sites excluding steroid dienone is 1. The van der Waals surface area contributed by atoms with E-state index < -0.39 is 0 Å². The summed E-state index contributed by atoms with van der Waals surface area (Å²) in [5.74, 6) is 0.306. The maximum Gasteiger partial charge on any atom is 0.333 e. The highest BCUT2D eigenvalue weighted by molar-refractivity contribution is 5.90. The van der Waals surface area contributed by atoms with Gasteiger partial charge in [-0.05, 0) is 36.5 Å². The number of fused-ring (bicyclic) bond motifs is 2. The molecule has 1 fully saturated rings. The highest BCUT2D eigenvalue weighted by atomic mass is 16.5. The van der Waals surface area contributed by atoms with E-state index in [0.29, 0.717) is 12.5 Å². The van der Waals surface area contributed by atoms with E-state index in [1.807, 2.05) is 6.92 Å². The van der Waals surface area contributed by atoms with Gasteiger partial charge in [0.25, 0.3) is 0 Å². The van der Waals surface area contributed by atoms with Crippen LogP contribution in [0, 0.1) is 16.7 Å². The maximum absolute atomic E-state index is 11.8. The molecule has 0 radical (unpaired) electrons. The summed E-state index contributed by atoms with van der Waals surface area (Å²) in [6.07, 6.45) is 4.50. The lowest BCUT2D eigenvalue weighted by molar-refractivity contribution is -0.139. The lowest BCUT2D eigenvalue weighted by Gasteiger charge is -2.33. The fourth-order valence-corrected chi connectivity index (χ4v) is 3.19. The van der Waals surface area contributed by atoms with Gasteiger partial charge in [0.15, 0.2) is 0 Å². The molecule has 2 rings (SSSR count). The van der Waals surface area contributed by atoms with Crippen molar-refractivity contribution in [3.05, 3.63) is 11.6 Å². The zero-order chi connectivity index (χ0) is 11.3. The maximum atomic E-state index is 11.8.